The van der Waals surface area contributed by atoms with Gasteiger partial charge in [0.1, 0.15) is 12.2 Å². The third kappa shape index (κ3) is 3.16. The summed E-state index contributed by atoms with van der Waals surface area (Å²) < 4.78 is 11.0. The zero-order valence-corrected chi connectivity index (χ0v) is 12.2. The average molecular weight is 307 g/mol. The molecule has 1 fully saturated rings. The highest BCUT2D eigenvalue weighted by molar-refractivity contribution is 5.82. The van der Waals surface area contributed by atoms with Crippen LogP contribution in [0.4, 0.5) is 0 Å². The van der Waals surface area contributed by atoms with Crippen molar-refractivity contribution < 1.29 is 24.8 Å². The summed E-state index contributed by atoms with van der Waals surface area (Å²) in [4.78, 5) is 3.21. The van der Waals surface area contributed by atoms with Gasteiger partial charge in [0.05, 0.1) is 19.3 Å². The molecule has 6 nitrogen and oxygen atoms in total. The molecule has 6 heteroatoms. The number of fused-ring (bicyclic) bond motifs is 1. The summed E-state index contributed by atoms with van der Waals surface area (Å²) in [6, 6.07) is 8.03. The monoisotopic (exact) mass is 307 g/mol. The largest absolute Gasteiger partial charge is 0.394 e. The first-order chi connectivity index (χ1) is 10.7. The van der Waals surface area contributed by atoms with Gasteiger partial charge in [-0.05, 0) is 18.1 Å². The summed E-state index contributed by atoms with van der Waals surface area (Å²) in [5.41, 5.74) is 2.22. The van der Waals surface area contributed by atoms with E-state index < -0.39 is 24.6 Å². The Labute approximate surface area is 128 Å². The molecule has 22 heavy (non-hydrogen) atoms. The number of aliphatic hydroxyl groups is 3. The molecule has 0 spiro atoms. The smallest absolute Gasteiger partial charge is 0.184 e. The number of para-hydroxylation sites is 1. The van der Waals surface area contributed by atoms with Crippen LogP contribution in [0.25, 0.3) is 10.9 Å². The van der Waals surface area contributed by atoms with Crippen molar-refractivity contribution in [3.05, 3.63) is 36.0 Å². The van der Waals surface area contributed by atoms with Crippen molar-refractivity contribution in [2.24, 2.45) is 0 Å². The lowest BCUT2D eigenvalue weighted by molar-refractivity contribution is -0.269. The number of aliphatic hydroxyl groups excluding tert-OH is 3. The molecule has 1 aliphatic heterocycles. The number of aromatic amines is 1. The number of benzene rings is 1. The summed E-state index contributed by atoms with van der Waals surface area (Å²) in [5, 5.41) is 29.8. The second kappa shape index (κ2) is 6.76. The highest BCUT2D eigenvalue weighted by Gasteiger charge is 2.36. The van der Waals surface area contributed by atoms with Gasteiger partial charge in [-0.3, -0.25) is 0 Å². The van der Waals surface area contributed by atoms with Crippen molar-refractivity contribution in [2.45, 2.75) is 37.4 Å². The highest BCUT2D eigenvalue weighted by atomic mass is 16.7. The van der Waals surface area contributed by atoms with Crippen LogP contribution in [0.1, 0.15) is 12.0 Å². The van der Waals surface area contributed by atoms with E-state index in [1.807, 2.05) is 30.5 Å². The molecule has 0 unspecified atom stereocenters. The zero-order valence-electron chi connectivity index (χ0n) is 12.2. The average Bonchev–Trinajstić information content (AvgIpc) is 2.93. The lowest BCUT2D eigenvalue weighted by atomic mass is 10.0. The molecule has 1 aliphatic rings. The van der Waals surface area contributed by atoms with Gasteiger partial charge in [-0.1, -0.05) is 18.2 Å². The molecule has 3 rings (SSSR count). The van der Waals surface area contributed by atoms with Crippen molar-refractivity contribution in [1.29, 1.82) is 0 Å². The standard InChI is InChI=1S/C16H21NO5/c18-9-15-13(19)7-14(20)16(22-15)21-6-5-10-8-17-12-4-2-1-3-11(10)12/h1-4,8,13-20H,5-7,9H2/t13-,14+,15+,16-/m0/s1. The molecular formula is C16H21NO5. The van der Waals surface area contributed by atoms with Crippen LogP contribution in [0.3, 0.4) is 0 Å². The molecule has 2 heterocycles. The number of ether oxygens (including phenoxy) is 2. The Kier molecular flexibility index (Phi) is 4.75. The molecule has 1 aromatic carbocycles. The van der Waals surface area contributed by atoms with E-state index in [0.717, 1.165) is 16.5 Å². The summed E-state index contributed by atoms with van der Waals surface area (Å²) in [6.45, 7) is 0.0913. The van der Waals surface area contributed by atoms with Crippen molar-refractivity contribution in [1.82, 2.24) is 4.98 Å². The fourth-order valence-electron chi connectivity index (χ4n) is 2.80. The normalized spacial score (nSPS) is 29.0. The van der Waals surface area contributed by atoms with E-state index in [1.165, 1.54) is 0 Å². The van der Waals surface area contributed by atoms with Crippen molar-refractivity contribution in [3.63, 3.8) is 0 Å². The van der Waals surface area contributed by atoms with Crippen LogP contribution in [0.2, 0.25) is 0 Å². The third-order valence-electron chi connectivity index (χ3n) is 4.04. The zero-order chi connectivity index (χ0) is 15.5. The Bertz CT molecular complexity index is 613. The fraction of sp³-hybridized carbons (Fsp3) is 0.500. The topological polar surface area (TPSA) is 94.9 Å². The van der Waals surface area contributed by atoms with E-state index in [1.54, 1.807) is 0 Å². The van der Waals surface area contributed by atoms with Crippen LogP contribution in [0.15, 0.2) is 30.5 Å². The van der Waals surface area contributed by atoms with Crippen LogP contribution in [-0.2, 0) is 15.9 Å². The summed E-state index contributed by atoms with van der Waals surface area (Å²) in [6.07, 6.45) is -0.500. The molecule has 0 amide bonds. The summed E-state index contributed by atoms with van der Waals surface area (Å²) >= 11 is 0. The first kappa shape index (κ1) is 15.5. The second-order valence-corrected chi connectivity index (χ2v) is 5.58. The molecule has 120 valence electrons. The third-order valence-corrected chi connectivity index (χ3v) is 4.04. The Hall–Kier alpha value is -1.44. The quantitative estimate of drug-likeness (QED) is 0.647. The predicted octanol–water partition coefficient (Wildman–Crippen LogP) is 0.556. The molecule has 0 radical (unpaired) electrons. The van der Waals surface area contributed by atoms with Gasteiger partial charge in [0.25, 0.3) is 0 Å². The molecule has 0 saturated carbocycles. The van der Waals surface area contributed by atoms with Crippen molar-refractivity contribution in [2.75, 3.05) is 13.2 Å². The van der Waals surface area contributed by atoms with Gasteiger partial charge in [-0.25, -0.2) is 0 Å². The van der Waals surface area contributed by atoms with E-state index in [2.05, 4.69) is 4.98 Å². The van der Waals surface area contributed by atoms with E-state index in [4.69, 9.17) is 14.6 Å². The van der Waals surface area contributed by atoms with Crippen molar-refractivity contribution in [3.8, 4) is 0 Å². The minimum Gasteiger partial charge on any atom is -0.394 e. The molecule has 4 N–H and O–H groups in total. The van der Waals surface area contributed by atoms with Crippen LogP contribution >= 0.6 is 0 Å². The maximum Gasteiger partial charge on any atom is 0.184 e. The molecule has 1 saturated heterocycles. The number of hydrogen-bond donors (Lipinski definition) is 4. The Morgan fingerprint density at radius 2 is 2.05 bits per heavy atom. The van der Waals surface area contributed by atoms with Crippen LogP contribution in [0, 0.1) is 0 Å². The van der Waals surface area contributed by atoms with Gasteiger partial charge >= 0.3 is 0 Å². The fourth-order valence-corrected chi connectivity index (χ4v) is 2.80. The molecule has 2 aromatic rings. The Morgan fingerprint density at radius 3 is 2.86 bits per heavy atom. The second-order valence-electron chi connectivity index (χ2n) is 5.58. The maximum atomic E-state index is 9.88. The number of aromatic nitrogens is 1. The minimum atomic E-state index is -0.888. The van der Waals surface area contributed by atoms with E-state index in [0.29, 0.717) is 13.0 Å². The van der Waals surface area contributed by atoms with Gasteiger partial charge in [-0.15, -0.1) is 0 Å². The van der Waals surface area contributed by atoms with Gasteiger partial charge < -0.3 is 29.8 Å². The minimum absolute atomic E-state index is 0.142. The van der Waals surface area contributed by atoms with Crippen molar-refractivity contribution >= 4 is 10.9 Å². The molecular weight excluding hydrogens is 286 g/mol. The summed E-state index contributed by atoms with van der Waals surface area (Å²) in [7, 11) is 0. The van der Waals surface area contributed by atoms with E-state index in [-0.39, 0.29) is 13.0 Å². The number of H-pyrrole nitrogens is 1. The molecule has 0 bridgehead atoms. The van der Waals surface area contributed by atoms with E-state index >= 15 is 0 Å². The number of rotatable bonds is 5. The van der Waals surface area contributed by atoms with Gasteiger partial charge in [-0.2, -0.15) is 0 Å². The van der Waals surface area contributed by atoms with Gasteiger partial charge in [0.2, 0.25) is 0 Å². The lowest BCUT2D eigenvalue weighted by Gasteiger charge is -2.36. The highest BCUT2D eigenvalue weighted by Crippen LogP contribution is 2.22. The Morgan fingerprint density at radius 1 is 1.23 bits per heavy atom. The first-order valence-corrected chi connectivity index (χ1v) is 7.48. The first-order valence-electron chi connectivity index (χ1n) is 7.48. The molecule has 4 atom stereocenters. The number of hydrogen-bond acceptors (Lipinski definition) is 5. The SMILES string of the molecule is OC[C@H]1O[C@H](OCCc2c[nH]c3ccccc23)[C@H](O)C[C@@H]1O. The van der Waals surface area contributed by atoms with Gasteiger partial charge in [0, 0.05) is 23.5 Å². The number of nitrogens with one attached hydrogen (secondary N) is 1. The van der Waals surface area contributed by atoms with Crippen LogP contribution < -0.4 is 0 Å². The summed E-state index contributed by atoms with van der Waals surface area (Å²) in [5.74, 6) is 0. The lowest BCUT2D eigenvalue weighted by Crippen LogP contribution is -2.49. The van der Waals surface area contributed by atoms with E-state index in [9.17, 15) is 10.2 Å². The molecule has 0 aliphatic carbocycles. The maximum absolute atomic E-state index is 9.88. The van der Waals surface area contributed by atoms with Crippen LogP contribution in [-0.4, -0.2) is 58.1 Å². The Balaban J connectivity index is 1.56. The molecule has 1 aromatic heterocycles. The van der Waals surface area contributed by atoms with Gasteiger partial charge in [0.15, 0.2) is 6.29 Å². The van der Waals surface area contributed by atoms with Crippen LogP contribution in [0.5, 0.6) is 0 Å². The predicted molar refractivity (Wildman–Crippen MR) is 80.3 cm³/mol.